The highest BCUT2D eigenvalue weighted by Gasteiger charge is 2.75. The quantitative estimate of drug-likeness (QED) is 0.667. The molecule has 0 amide bonds. The molecule has 7 atom stereocenters. The predicted molar refractivity (Wildman–Crippen MR) is 89.0 cm³/mol. The van der Waals surface area contributed by atoms with E-state index in [0.717, 1.165) is 6.42 Å². The maximum atomic E-state index is 13.1. The number of Topliss-reactive ketones (excluding diaryl/α,β-unsaturated/α-hetero) is 2. The summed E-state index contributed by atoms with van der Waals surface area (Å²) >= 11 is 0. The lowest BCUT2D eigenvalue weighted by Gasteiger charge is -2.64. The Morgan fingerprint density at radius 3 is 2.42 bits per heavy atom. The van der Waals surface area contributed by atoms with E-state index in [9.17, 15) is 19.8 Å². The summed E-state index contributed by atoms with van der Waals surface area (Å²) in [4.78, 5) is 26.2. The Morgan fingerprint density at radius 1 is 1.08 bits per heavy atom. The molecule has 4 nitrogen and oxygen atoms in total. The SMILES string of the molecule is C=C1C(=O)[C@@]23[C@H](O)C[C@@H]4C(C)(C)CCC(=O)[C@@]4(C)[C@@H]2CC[C@@H]1[C@H]3O. The first kappa shape index (κ1) is 16.5. The monoisotopic (exact) mass is 332 g/mol. The van der Waals surface area contributed by atoms with Crippen molar-refractivity contribution < 1.29 is 19.8 Å². The number of carbonyl (C=O) groups excluding carboxylic acids is 2. The summed E-state index contributed by atoms with van der Waals surface area (Å²) in [6.45, 7) is 10.3. The van der Waals surface area contributed by atoms with Gasteiger partial charge < -0.3 is 10.2 Å². The second-order valence-electron chi connectivity index (χ2n) is 9.47. The fourth-order valence-electron chi connectivity index (χ4n) is 7.07. The number of carbonyl (C=O) groups is 2. The van der Waals surface area contributed by atoms with E-state index < -0.39 is 23.0 Å². The minimum atomic E-state index is -1.21. The summed E-state index contributed by atoms with van der Waals surface area (Å²) in [5.74, 6) is -0.480. The zero-order valence-electron chi connectivity index (χ0n) is 14.8. The molecule has 0 heterocycles. The Morgan fingerprint density at radius 2 is 1.75 bits per heavy atom. The first-order valence-corrected chi connectivity index (χ1v) is 9.22. The second-order valence-corrected chi connectivity index (χ2v) is 9.47. The van der Waals surface area contributed by atoms with Crippen molar-refractivity contribution in [3.8, 4) is 0 Å². The van der Waals surface area contributed by atoms with Crippen LogP contribution >= 0.6 is 0 Å². The molecule has 2 N–H and O–H groups in total. The molecule has 1 spiro atoms. The molecule has 0 aliphatic heterocycles. The van der Waals surface area contributed by atoms with Crippen molar-refractivity contribution in [2.24, 2.45) is 34.0 Å². The number of hydrogen-bond donors (Lipinski definition) is 2. The molecule has 4 heteroatoms. The van der Waals surface area contributed by atoms with Crippen LogP contribution in [0.2, 0.25) is 0 Å². The second kappa shape index (κ2) is 4.59. The molecule has 132 valence electrons. The smallest absolute Gasteiger partial charge is 0.170 e. The summed E-state index contributed by atoms with van der Waals surface area (Å²) in [5.41, 5.74) is -1.46. The van der Waals surface area contributed by atoms with Gasteiger partial charge in [-0.05, 0) is 48.5 Å². The first-order chi connectivity index (χ1) is 11.1. The van der Waals surface area contributed by atoms with Crippen LogP contribution in [-0.4, -0.2) is 34.0 Å². The number of aliphatic hydroxyl groups excluding tert-OH is 2. The van der Waals surface area contributed by atoms with Crippen LogP contribution in [0.5, 0.6) is 0 Å². The summed E-state index contributed by atoms with van der Waals surface area (Å²) in [6.07, 6.45) is 1.35. The van der Waals surface area contributed by atoms with Crippen molar-refractivity contribution in [2.75, 3.05) is 0 Å². The molecule has 4 rings (SSSR count). The Kier molecular flexibility index (Phi) is 3.15. The van der Waals surface area contributed by atoms with E-state index in [0.29, 0.717) is 31.3 Å². The molecule has 4 fully saturated rings. The maximum absolute atomic E-state index is 13.1. The van der Waals surface area contributed by atoms with Gasteiger partial charge in [0.15, 0.2) is 5.78 Å². The van der Waals surface area contributed by atoms with Gasteiger partial charge in [0.2, 0.25) is 0 Å². The van der Waals surface area contributed by atoms with Gasteiger partial charge in [-0.15, -0.1) is 0 Å². The third-order valence-corrected chi connectivity index (χ3v) is 8.34. The standard InChI is InChI=1S/C20H28O4/c1-10-11-5-6-12-19(4)13(18(2,3)8-7-14(19)21)9-15(22)20(12,16(10)23)17(11)24/h11-13,15,17,22,24H,1,5-9H2,2-4H3/t11-,12-,13+,15+,17+,19-,20-/m0/s1. The van der Waals surface area contributed by atoms with Crippen LogP contribution < -0.4 is 0 Å². The van der Waals surface area contributed by atoms with E-state index >= 15 is 0 Å². The summed E-state index contributed by atoms with van der Waals surface area (Å²) in [6, 6.07) is 0. The highest BCUT2D eigenvalue weighted by atomic mass is 16.3. The van der Waals surface area contributed by atoms with Gasteiger partial charge in [-0.1, -0.05) is 27.4 Å². The lowest BCUT2D eigenvalue weighted by atomic mass is 9.39. The molecule has 0 aromatic carbocycles. The molecule has 0 unspecified atom stereocenters. The fraction of sp³-hybridized carbons (Fsp3) is 0.800. The van der Waals surface area contributed by atoms with Gasteiger partial charge in [0.1, 0.15) is 5.78 Å². The minimum absolute atomic E-state index is 0.0438. The van der Waals surface area contributed by atoms with Crippen molar-refractivity contribution in [1.29, 1.82) is 0 Å². The van der Waals surface area contributed by atoms with Crippen LogP contribution in [0.15, 0.2) is 12.2 Å². The van der Waals surface area contributed by atoms with Crippen LogP contribution in [0, 0.1) is 34.0 Å². The van der Waals surface area contributed by atoms with Crippen LogP contribution in [0.25, 0.3) is 0 Å². The largest absolute Gasteiger partial charge is 0.392 e. The van der Waals surface area contributed by atoms with Gasteiger partial charge in [0.25, 0.3) is 0 Å². The zero-order chi connectivity index (χ0) is 17.7. The van der Waals surface area contributed by atoms with Gasteiger partial charge in [0.05, 0.1) is 17.6 Å². The Balaban J connectivity index is 1.92. The Labute approximate surface area is 143 Å². The van der Waals surface area contributed by atoms with Crippen LogP contribution in [0.3, 0.4) is 0 Å². The lowest BCUT2D eigenvalue weighted by molar-refractivity contribution is -0.220. The number of hydrogen-bond acceptors (Lipinski definition) is 4. The third-order valence-electron chi connectivity index (χ3n) is 8.34. The van der Waals surface area contributed by atoms with E-state index in [1.54, 1.807) is 0 Å². The molecule has 0 aromatic heterocycles. The molecule has 0 aromatic rings. The summed E-state index contributed by atoms with van der Waals surface area (Å²) in [7, 11) is 0. The molecule has 0 radical (unpaired) electrons. The highest BCUT2D eigenvalue weighted by molar-refractivity contribution is 6.05. The van der Waals surface area contributed by atoms with Gasteiger partial charge in [-0.25, -0.2) is 0 Å². The zero-order valence-corrected chi connectivity index (χ0v) is 14.8. The van der Waals surface area contributed by atoms with E-state index in [-0.39, 0.29) is 34.7 Å². The topological polar surface area (TPSA) is 74.6 Å². The van der Waals surface area contributed by atoms with Crippen molar-refractivity contribution in [3.05, 3.63) is 12.2 Å². The van der Waals surface area contributed by atoms with E-state index in [2.05, 4.69) is 20.4 Å². The average Bonchev–Trinajstić information content (AvgIpc) is 2.63. The maximum Gasteiger partial charge on any atom is 0.170 e. The molecular formula is C20H28O4. The van der Waals surface area contributed by atoms with Gasteiger partial charge in [0, 0.05) is 17.8 Å². The number of ketones is 2. The van der Waals surface area contributed by atoms with Crippen molar-refractivity contribution in [3.63, 3.8) is 0 Å². The molecule has 24 heavy (non-hydrogen) atoms. The van der Waals surface area contributed by atoms with E-state index in [4.69, 9.17) is 0 Å². The average molecular weight is 332 g/mol. The van der Waals surface area contributed by atoms with Crippen LogP contribution in [-0.2, 0) is 9.59 Å². The lowest BCUT2D eigenvalue weighted by Crippen LogP contribution is -2.69. The molecule has 0 saturated heterocycles. The van der Waals surface area contributed by atoms with Gasteiger partial charge in [-0.2, -0.15) is 0 Å². The Hall–Kier alpha value is -1.00. The van der Waals surface area contributed by atoms with Gasteiger partial charge >= 0.3 is 0 Å². The predicted octanol–water partition coefficient (Wildman–Crippen LogP) is 2.28. The highest BCUT2D eigenvalue weighted by Crippen LogP contribution is 2.70. The van der Waals surface area contributed by atoms with Crippen molar-refractivity contribution >= 4 is 11.6 Å². The van der Waals surface area contributed by atoms with Crippen molar-refractivity contribution in [1.82, 2.24) is 0 Å². The number of aliphatic hydroxyl groups is 2. The van der Waals surface area contributed by atoms with E-state index in [1.165, 1.54) is 0 Å². The third kappa shape index (κ3) is 1.53. The number of rotatable bonds is 0. The molecule has 4 saturated carbocycles. The van der Waals surface area contributed by atoms with Crippen molar-refractivity contribution in [2.45, 2.75) is 65.1 Å². The first-order valence-electron chi connectivity index (χ1n) is 9.22. The number of fused-ring (bicyclic) bond motifs is 3. The van der Waals surface area contributed by atoms with E-state index in [1.807, 2.05) is 6.92 Å². The summed E-state index contributed by atoms with van der Waals surface area (Å²) < 4.78 is 0. The van der Waals surface area contributed by atoms with Gasteiger partial charge in [-0.3, -0.25) is 9.59 Å². The fourth-order valence-corrected chi connectivity index (χ4v) is 7.07. The molecule has 4 aliphatic rings. The molecular weight excluding hydrogens is 304 g/mol. The van der Waals surface area contributed by atoms with Crippen LogP contribution in [0.4, 0.5) is 0 Å². The minimum Gasteiger partial charge on any atom is -0.392 e. The van der Waals surface area contributed by atoms with Crippen LogP contribution in [0.1, 0.15) is 52.9 Å². The summed E-state index contributed by atoms with van der Waals surface area (Å²) in [5, 5.41) is 22.1. The molecule has 2 bridgehead atoms. The normalized spacial score (nSPS) is 52.9. The molecule has 4 aliphatic carbocycles. The Bertz CT molecular complexity index is 650.